The van der Waals surface area contributed by atoms with Gasteiger partial charge >= 0.3 is 0 Å². The van der Waals surface area contributed by atoms with Crippen LogP contribution in [0.1, 0.15) is 19.3 Å². The molecule has 0 bridgehead atoms. The summed E-state index contributed by atoms with van der Waals surface area (Å²) >= 11 is 0. The molecule has 170 valence electrons. The molecule has 1 aromatic carbocycles. The van der Waals surface area contributed by atoms with Crippen LogP contribution in [-0.2, 0) is 4.74 Å². The molecule has 7 nitrogen and oxygen atoms in total. The maximum atomic E-state index is 9.36. The second-order valence-electron chi connectivity index (χ2n) is 8.15. The number of piperazine rings is 1. The molecule has 2 saturated heterocycles. The van der Waals surface area contributed by atoms with Crippen LogP contribution in [0.5, 0.6) is 0 Å². The zero-order valence-electron chi connectivity index (χ0n) is 18.2. The summed E-state index contributed by atoms with van der Waals surface area (Å²) in [6.07, 6.45) is 2.86. The fourth-order valence-electron chi connectivity index (χ4n) is 4.18. The molecule has 3 N–H and O–H groups in total. The lowest BCUT2D eigenvalue weighted by molar-refractivity contribution is 0.127. The number of nitrogens with zero attached hydrogens (tertiary/aromatic N) is 3. The Morgan fingerprint density at radius 1 is 1.17 bits per heavy atom. The zero-order valence-corrected chi connectivity index (χ0v) is 20.5. The number of anilines is 1. The minimum absolute atomic E-state index is 0. The quantitative estimate of drug-likeness (QED) is 0.195. The normalized spacial score (nSPS) is 22.6. The summed E-state index contributed by atoms with van der Waals surface area (Å²) in [6, 6.07) is 10.7. The van der Waals surface area contributed by atoms with Crippen LogP contribution >= 0.6 is 24.0 Å². The van der Waals surface area contributed by atoms with Gasteiger partial charge in [0.05, 0.1) is 6.61 Å². The molecule has 0 spiro atoms. The molecule has 8 heteroatoms. The molecular weight excluding hydrogens is 493 g/mol. The molecule has 1 unspecified atom stereocenters. The highest BCUT2D eigenvalue weighted by Gasteiger charge is 2.34. The first-order chi connectivity index (χ1) is 14.2. The van der Waals surface area contributed by atoms with Crippen LogP contribution in [0, 0.1) is 5.41 Å². The zero-order chi connectivity index (χ0) is 20.4. The van der Waals surface area contributed by atoms with Crippen LogP contribution in [0.4, 0.5) is 5.69 Å². The predicted molar refractivity (Wildman–Crippen MR) is 134 cm³/mol. The van der Waals surface area contributed by atoms with Crippen LogP contribution in [0.2, 0.25) is 0 Å². The fraction of sp³-hybridized carbons (Fsp3) is 0.682. The maximum absolute atomic E-state index is 9.36. The number of rotatable bonds is 9. The second kappa shape index (κ2) is 13.3. The van der Waals surface area contributed by atoms with Gasteiger partial charge in [0, 0.05) is 70.6 Å². The first-order valence-corrected chi connectivity index (χ1v) is 10.9. The van der Waals surface area contributed by atoms with E-state index in [1.54, 1.807) is 0 Å². The van der Waals surface area contributed by atoms with Gasteiger partial charge in [0.2, 0.25) is 0 Å². The Morgan fingerprint density at radius 2 is 1.93 bits per heavy atom. The maximum Gasteiger partial charge on any atom is 0.190 e. The smallest absolute Gasteiger partial charge is 0.190 e. The molecule has 2 aliphatic rings. The highest BCUT2D eigenvalue weighted by molar-refractivity contribution is 14.0. The lowest BCUT2D eigenvalue weighted by Crippen LogP contribution is -2.47. The van der Waals surface area contributed by atoms with Crippen molar-refractivity contribution in [2.45, 2.75) is 19.3 Å². The van der Waals surface area contributed by atoms with Gasteiger partial charge in [-0.15, -0.1) is 24.0 Å². The molecule has 0 amide bonds. The van der Waals surface area contributed by atoms with Crippen molar-refractivity contribution >= 4 is 35.6 Å². The van der Waals surface area contributed by atoms with Crippen molar-refractivity contribution in [3.05, 3.63) is 30.3 Å². The average Bonchev–Trinajstić information content (AvgIpc) is 3.23. The monoisotopic (exact) mass is 531 g/mol. The Morgan fingerprint density at radius 3 is 2.57 bits per heavy atom. The van der Waals surface area contributed by atoms with Crippen molar-refractivity contribution in [1.82, 2.24) is 15.5 Å². The van der Waals surface area contributed by atoms with Crippen LogP contribution in [0.15, 0.2) is 35.3 Å². The third-order valence-electron chi connectivity index (χ3n) is 6.12. The van der Waals surface area contributed by atoms with Gasteiger partial charge in [0.15, 0.2) is 5.96 Å². The minimum Gasteiger partial charge on any atom is -0.396 e. The van der Waals surface area contributed by atoms with Gasteiger partial charge < -0.3 is 25.4 Å². The molecule has 2 aliphatic heterocycles. The molecular formula is C22H38IN5O2. The van der Waals surface area contributed by atoms with Crippen molar-refractivity contribution in [2.75, 3.05) is 77.6 Å². The molecule has 1 aromatic rings. The number of ether oxygens (including phenoxy) is 1. The van der Waals surface area contributed by atoms with Crippen molar-refractivity contribution in [1.29, 1.82) is 0 Å². The second-order valence-corrected chi connectivity index (χ2v) is 8.15. The summed E-state index contributed by atoms with van der Waals surface area (Å²) in [4.78, 5) is 9.35. The highest BCUT2D eigenvalue weighted by atomic mass is 127. The standard InChI is InChI=1S/C22H37N5O2.HI/c1-23-21(25-18-22(8-16-28)9-17-29-19-22)24-10-5-11-26-12-14-27(15-13-26)20-6-3-2-4-7-20;/h2-4,6-7,28H,5,8-19H2,1H3,(H2,23,24,25);1H. The molecule has 1 atom stereocenters. The van der Waals surface area contributed by atoms with Crippen LogP contribution < -0.4 is 15.5 Å². The molecule has 2 fully saturated rings. The van der Waals surface area contributed by atoms with Gasteiger partial charge in [0.1, 0.15) is 0 Å². The number of aliphatic hydroxyl groups excluding tert-OH is 1. The van der Waals surface area contributed by atoms with E-state index in [1.807, 2.05) is 7.05 Å². The minimum atomic E-state index is 0. The van der Waals surface area contributed by atoms with E-state index in [4.69, 9.17) is 4.74 Å². The number of hydrogen-bond donors (Lipinski definition) is 3. The Labute approximate surface area is 198 Å². The molecule has 0 saturated carbocycles. The number of nitrogens with one attached hydrogen (secondary N) is 2. The van der Waals surface area contributed by atoms with Crippen LogP contribution in [-0.4, -0.2) is 88.6 Å². The summed E-state index contributed by atoms with van der Waals surface area (Å²) in [5.41, 5.74) is 1.36. The van der Waals surface area contributed by atoms with Crippen LogP contribution in [0.25, 0.3) is 0 Å². The van der Waals surface area contributed by atoms with Gasteiger partial charge in [-0.2, -0.15) is 0 Å². The Kier molecular flexibility index (Phi) is 11.2. The van der Waals surface area contributed by atoms with E-state index < -0.39 is 0 Å². The summed E-state index contributed by atoms with van der Waals surface area (Å²) in [5, 5.41) is 16.2. The largest absolute Gasteiger partial charge is 0.396 e. The number of benzene rings is 1. The summed E-state index contributed by atoms with van der Waals surface area (Å²) in [5.74, 6) is 0.836. The van der Waals surface area contributed by atoms with Crippen LogP contribution in [0.3, 0.4) is 0 Å². The Hall–Kier alpha value is -1.10. The average molecular weight is 531 g/mol. The lowest BCUT2D eigenvalue weighted by Gasteiger charge is -2.36. The number of para-hydroxylation sites is 1. The molecule has 3 rings (SSSR count). The van der Waals surface area contributed by atoms with E-state index in [1.165, 1.54) is 5.69 Å². The summed E-state index contributed by atoms with van der Waals surface area (Å²) in [6.45, 7) is 8.92. The molecule has 2 heterocycles. The van der Waals surface area contributed by atoms with E-state index in [2.05, 4.69) is 55.8 Å². The summed E-state index contributed by atoms with van der Waals surface area (Å²) in [7, 11) is 1.81. The fourth-order valence-corrected chi connectivity index (χ4v) is 4.18. The number of halogens is 1. The van der Waals surface area contributed by atoms with Crippen molar-refractivity contribution in [2.24, 2.45) is 10.4 Å². The van der Waals surface area contributed by atoms with E-state index >= 15 is 0 Å². The third-order valence-corrected chi connectivity index (χ3v) is 6.12. The molecule has 30 heavy (non-hydrogen) atoms. The SMILES string of the molecule is CN=C(NCCCN1CCN(c2ccccc2)CC1)NCC1(CCO)CCOC1.I. The van der Waals surface area contributed by atoms with E-state index in [0.717, 1.165) is 77.6 Å². The lowest BCUT2D eigenvalue weighted by atomic mass is 9.84. The summed E-state index contributed by atoms with van der Waals surface area (Å²) < 4.78 is 5.56. The molecule has 0 aromatic heterocycles. The molecule has 0 aliphatic carbocycles. The number of aliphatic hydroxyl groups is 1. The topological polar surface area (TPSA) is 72.4 Å². The predicted octanol–water partition coefficient (Wildman–Crippen LogP) is 1.77. The van der Waals surface area contributed by atoms with Gasteiger partial charge in [-0.05, 0) is 37.9 Å². The Balaban J connectivity index is 0.00000320. The molecule has 0 radical (unpaired) electrons. The first kappa shape index (κ1) is 25.2. The van der Waals surface area contributed by atoms with Crippen molar-refractivity contribution in [3.8, 4) is 0 Å². The van der Waals surface area contributed by atoms with Gasteiger partial charge in [-0.1, -0.05) is 18.2 Å². The van der Waals surface area contributed by atoms with Crippen molar-refractivity contribution < 1.29 is 9.84 Å². The highest BCUT2D eigenvalue weighted by Crippen LogP contribution is 2.31. The van der Waals surface area contributed by atoms with E-state index in [9.17, 15) is 5.11 Å². The number of aliphatic imine (C=N–C) groups is 1. The van der Waals surface area contributed by atoms with Crippen molar-refractivity contribution in [3.63, 3.8) is 0 Å². The van der Waals surface area contributed by atoms with E-state index in [-0.39, 0.29) is 36.0 Å². The third kappa shape index (κ3) is 7.55. The van der Waals surface area contributed by atoms with Gasteiger partial charge in [0.25, 0.3) is 0 Å². The first-order valence-electron chi connectivity index (χ1n) is 10.9. The van der Waals surface area contributed by atoms with Gasteiger partial charge in [-0.3, -0.25) is 9.89 Å². The number of hydrogen-bond acceptors (Lipinski definition) is 5. The van der Waals surface area contributed by atoms with E-state index in [0.29, 0.717) is 6.61 Å². The number of guanidine groups is 1. The Bertz CT molecular complexity index is 617. The van der Waals surface area contributed by atoms with Gasteiger partial charge in [-0.25, -0.2) is 0 Å².